The second-order valence-electron chi connectivity index (χ2n) is 2.01. The molecule has 0 spiro atoms. The van der Waals surface area contributed by atoms with Crippen molar-refractivity contribution in [3.8, 4) is 0 Å². The Bertz CT molecular complexity index is 222. The molecule has 0 atom stereocenters. The molecule has 1 aliphatic heterocycles. The molecule has 0 radical (unpaired) electrons. The topological polar surface area (TPSA) is 74.2 Å². The van der Waals surface area contributed by atoms with Crippen molar-refractivity contribution in [2.75, 3.05) is 13.7 Å². The summed E-state index contributed by atoms with van der Waals surface area (Å²) in [6.45, 7) is -0.0180. The van der Waals surface area contributed by atoms with E-state index in [-0.39, 0.29) is 18.3 Å². The summed E-state index contributed by atoms with van der Waals surface area (Å²) < 4.78 is 4.90. The minimum Gasteiger partial charge on any atom is -0.478 e. The molecular formula is C6H9N3O2. The van der Waals surface area contributed by atoms with Crippen molar-refractivity contribution >= 4 is 11.7 Å². The van der Waals surface area contributed by atoms with Gasteiger partial charge in [-0.15, -0.1) is 0 Å². The van der Waals surface area contributed by atoms with Crippen molar-refractivity contribution < 1.29 is 9.53 Å². The molecule has 5 heteroatoms. The van der Waals surface area contributed by atoms with E-state index < -0.39 is 0 Å². The van der Waals surface area contributed by atoms with Crippen molar-refractivity contribution in [1.82, 2.24) is 10.6 Å². The fraction of sp³-hybridized carbons (Fsp3) is 0.333. The van der Waals surface area contributed by atoms with E-state index in [1.807, 2.05) is 0 Å². The molecule has 0 bridgehead atoms. The SMILES string of the molecule is CN/C=C1/OCC(=O)NC1=N. The zero-order valence-corrected chi connectivity index (χ0v) is 6.10. The Kier molecular flexibility index (Phi) is 2.10. The monoisotopic (exact) mass is 155 g/mol. The predicted octanol–water partition coefficient (Wildman–Crippen LogP) is -0.829. The fourth-order valence-electron chi connectivity index (χ4n) is 0.698. The Morgan fingerprint density at radius 3 is 3.09 bits per heavy atom. The van der Waals surface area contributed by atoms with Gasteiger partial charge in [0.25, 0.3) is 5.91 Å². The van der Waals surface area contributed by atoms with Gasteiger partial charge in [-0.25, -0.2) is 0 Å². The lowest BCUT2D eigenvalue weighted by molar-refractivity contribution is -0.123. The summed E-state index contributed by atoms with van der Waals surface area (Å²) in [5.41, 5.74) is 0. The molecule has 0 aromatic carbocycles. The van der Waals surface area contributed by atoms with Crippen LogP contribution < -0.4 is 10.6 Å². The normalized spacial score (nSPS) is 21.0. The molecular weight excluding hydrogens is 146 g/mol. The van der Waals surface area contributed by atoms with E-state index in [1.165, 1.54) is 6.20 Å². The highest BCUT2D eigenvalue weighted by Crippen LogP contribution is 2.00. The van der Waals surface area contributed by atoms with Gasteiger partial charge < -0.3 is 15.4 Å². The van der Waals surface area contributed by atoms with Crippen molar-refractivity contribution in [1.29, 1.82) is 5.41 Å². The molecule has 3 N–H and O–H groups in total. The fourth-order valence-corrected chi connectivity index (χ4v) is 0.698. The van der Waals surface area contributed by atoms with E-state index in [0.29, 0.717) is 5.76 Å². The molecule has 5 nitrogen and oxygen atoms in total. The zero-order valence-electron chi connectivity index (χ0n) is 6.10. The van der Waals surface area contributed by atoms with Crippen LogP contribution in [0.15, 0.2) is 12.0 Å². The molecule has 1 saturated heterocycles. The van der Waals surface area contributed by atoms with Gasteiger partial charge in [0.15, 0.2) is 18.2 Å². The number of carbonyl (C=O) groups is 1. The van der Waals surface area contributed by atoms with Gasteiger partial charge in [0.05, 0.1) is 0 Å². The van der Waals surface area contributed by atoms with E-state index in [2.05, 4.69) is 10.6 Å². The van der Waals surface area contributed by atoms with Gasteiger partial charge in [-0.3, -0.25) is 10.2 Å². The van der Waals surface area contributed by atoms with E-state index in [9.17, 15) is 4.79 Å². The van der Waals surface area contributed by atoms with Gasteiger partial charge in [-0.2, -0.15) is 0 Å². The first-order chi connectivity index (χ1) is 5.24. The molecule has 1 fully saturated rings. The Hall–Kier alpha value is -1.52. The minimum atomic E-state index is -0.289. The smallest absolute Gasteiger partial charge is 0.263 e. The average molecular weight is 155 g/mol. The highest BCUT2D eigenvalue weighted by atomic mass is 16.5. The molecule has 11 heavy (non-hydrogen) atoms. The molecule has 1 amide bonds. The molecule has 0 aromatic heterocycles. The maximum absolute atomic E-state index is 10.6. The third kappa shape index (κ3) is 1.70. The first kappa shape index (κ1) is 7.59. The average Bonchev–Trinajstić information content (AvgIpc) is 1.95. The molecule has 1 aliphatic rings. The Labute approximate surface area is 63.9 Å². The number of hydrogen-bond acceptors (Lipinski definition) is 4. The molecule has 60 valence electrons. The lowest BCUT2D eigenvalue weighted by Crippen LogP contribution is -2.40. The van der Waals surface area contributed by atoms with Crippen LogP contribution in [0, 0.1) is 5.41 Å². The maximum atomic E-state index is 10.6. The van der Waals surface area contributed by atoms with Crippen molar-refractivity contribution in [2.24, 2.45) is 0 Å². The van der Waals surface area contributed by atoms with E-state index in [0.717, 1.165) is 0 Å². The van der Waals surface area contributed by atoms with Gasteiger partial charge >= 0.3 is 0 Å². The van der Waals surface area contributed by atoms with Crippen LogP contribution in [-0.4, -0.2) is 25.4 Å². The maximum Gasteiger partial charge on any atom is 0.263 e. The Morgan fingerprint density at radius 1 is 1.82 bits per heavy atom. The Balaban J connectivity index is 2.65. The van der Waals surface area contributed by atoms with Crippen LogP contribution in [-0.2, 0) is 9.53 Å². The van der Waals surface area contributed by atoms with E-state index in [4.69, 9.17) is 10.1 Å². The number of carbonyl (C=O) groups excluding carboxylic acids is 1. The summed E-state index contributed by atoms with van der Waals surface area (Å²) in [6.07, 6.45) is 1.52. The van der Waals surface area contributed by atoms with E-state index in [1.54, 1.807) is 7.05 Å². The molecule has 0 saturated carbocycles. The van der Waals surface area contributed by atoms with Crippen molar-refractivity contribution in [2.45, 2.75) is 0 Å². The number of nitrogens with one attached hydrogen (secondary N) is 3. The third-order valence-corrected chi connectivity index (χ3v) is 1.15. The first-order valence-electron chi connectivity index (χ1n) is 3.13. The molecule has 0 unspecified atom stereocenters. The van der Waals surface area contributed by atoms with Gasteiger partial charge in [0.1, 0.15) is 0 Å². The summed E-state index contributed by atoms with van der Waals surface area (Å²) in [4.78, 5) is 10.6. The summed E-state index contributed by atoms with van der Waals surface area (Å²) in [7, 11) is 1.69. The quantitative estimate of drug-likeness (QED) is 0.462. The summed E-state index contributed by atoms with van der Waals surface area (Å²) >= 11 is 0. The van der Waals surface area contributed by atoms with Crippen molar-refractivity contribution in [3.05, 3.63) is 12.0 Å². The second kappa shape index (κ2) is 3.05. The van der Waals surface area contributed by atoms with Crippen LogP contribution in [0.2, 0.25) is 0 Å². The number of ether oxygens (including phenoxy) is 1. The highest BCUT2D eigenvalue weighted by molar-refractivity contribution is 6.07. The van der Waals surface area contributed by atoms with Gasteiger partial charge in [0.2, 0.25) is 0 Å². The number of hydrogen-bond donors (Lipinski definition) is 3. The summed E-state index contributed by atoms with van der Waals surface area (Å²) in [5, 5.41) is 12.2. The number of morpholine rings is 1. The van der Waals surface area contributed by atoms with Gasteiger partial charge in [0, 0.05) is 13.2 Å². The largest absolute Gasteiger partial charge is 0.478 e. The zero-order chi connectivity index (χ0) is 8.27. The third-order valence-electron chi connectivity index (χ3n) is 1.15. The van der Waals surface area contributed by atoms with Crippen LogP contribution in [0.3, 0.4) is 0 Å². The van der Waals surface area contributed by atoms with Crippen LogP contribution >= 0.6 is 0 Å². The van der Waals surface area contributed by atoms with Crippen LogP contribution in [0.1, 0.15) is 0 Å². The highest BCUT2D eigenvalue weighted by Gasteiger charge is 2.17. The van der Waals surface area contributed by atoms with Crippen molar-refractivity contribution in [3.63, 3.8) is 0 Å². The van der Waals surface area contributed by atoms with E-state index >= 15 is 0 Å². The number of rotatable bonds is 1. The molecule has 0 aromatic rings. The molecule has 0 aliphatic carbocycles. The minimum absolute atomic E-state index is 0.00407. The standard InChI is InChI=1S/C6H9N3O2/c1-8-2-4-6(7)9-5(10)3-11-4/h2,8H,3H2,1H3,(H2,7,9,10)/b4-2+. The molecule has 1 heterocycles. The van der Waals surface area contributed by atoms with Gasteiger partial charge in [-0.1, -0.05) is 0 Å². The number of amidine groups is 1. The van der Waals surface area contributed by atoms with Crippen LogP contribution in [0.5, 0.6) is 0 Å². The summed E-state index contributed by atoms with van der Waals surface area (Å²) in [5.74, 6) is 0.0611. The molecule has 1 rings (SSSR count). The van der Waals surface area contributed by atoms with Crippen LogP contribution in [0.4, 0.5) is 0 Å². The summed E-state index contributed by atoms with van der Waals surface area (Å²) in [6, 6.07) is 0. The number of amides is 1. The first-order valence-corrected chi connectivity index (χ1v) is 3.13. The lowest BCUT2D eigenvalue weighted by Gasteiger charge is -2.16. The second-order valence-corrected chi connectivity index (χ2v) is 2.01. The van der Waals surface area contributed by atoms with Gasteiger partial charge in [-0.05, 0) is 0 Å². The van der Waals surface area contributed by atoms with Crippen LogP contribution in [0.25, 0.3) is 0 Å². The lowest BCUT2D eigenvalue weighted by atomic mass is 10.4. The predicted molar refractivity (Wildman–Crippen MR) is 39.0 cm³/mol. The Morgan fingerprint density at radius 2 is 2.55 bits per heavy atom.